The van der Waals surface area contributed by atoms with Crippen molar-refractivity contribution >= 4 is 40.9 Å². The van der Waals surface area contributed by atoms with Gasteiger partial charge in [-0.05, 0) is 42.8 Å². The minimum Gasteiger partial charge on any atom is -0.493 e. The summed E-state index contributed by atoms with van der Waals surface area (Å²) in [6, 6.07) is 9.97. The number of nitriles is 1. The molecule has 1 N–H and O–H groups in total. The van der Waals surface area contributed by atoms with Gasteiger partial charge in [0.1, 0.15) is 11.6 Å². The second-order valence-electron chi connectivity index (χ2n) is 5.41. The van der Waals surface area contributed by atoms with Gasteiger partial charge in [-0.1, -0.05) is 29.3 Å². The van der Waals surface area contributed by atoms with Crippen LogP contribution in [0.25, 0.3) is 6.08 Å². The molecule has 6 nitrogen and oxygen atoms in total. The van der Waals surface area contributed by atoms with E-state index in [1.165, 1.54) is 20.3 Å². The maximum Gasteiger partial charge on any atom is 0.266 e. The standard InChI is InChI=1S/C20H18Cl2N2O4/c1-4-28-19-16(26-2)9-12(10-17(19)27-3)8-13(11-23)20(25)24-18-14(21)6-5-7-15(18)22/h5-10H,4H2,1-3H3,(H,24,25)/b13-8-. The van der Waals surface area contributed by atoms with Gasteiger partial charge in [-0.2, -0.15) is 5.26 Å². The summed E-state index contributed by atoms with van der Waals surface area (Å²) >= 11 is 12.1. The number of halogens is 2. The summed E-state index contributed by atoms with van der Waals surface area (Å²) in [4.78, 5) is 12.5. The van der Waals surface area contributed by atoms with Crippen molar-refractivity contribution in [2.24, 2.45) is 0 Å². The van der Waals surface area contributed by atoms with Gasteiger partial charge in [-0.25, -0.2) is 0 Å². The first-order valence-corrected chi connectivity index (χ1v) is 8.96. The molecule has 0 spiro atoms. The molecular weight excluding hydrogens is 403 g/mol. The molecule has 0 saturated carbocycles. The van der Waals surface area contributed by atoms with Gasteiger partial charge >= 0.3 is 0 Å². The summed E-state index contributed by atoms with van der Waals surface area (Å²) in [5, 5.41) is 12.5. The minimum atomic E-state index is -0.649. The van der Waals surface area contributed by atoms with Crippen molar-refractivity contribution < 1.29 is 19.0 Å². The number of carbonyl (C=O) groups is 1. The molecule has 0 bridgehead atoms. The Bertz CT molecular complexity index is 906. The summed E-state index contributed by atoms with van der Waals surface area (Å²) < 4.78 is 16.2. The zero-order valence-corrected chi connectivity index (χ0v) is 17.0. The Hall–Kier alpha value is -2.88. The number of nitrogens with one attached hydrogen (secondary N) is 1. The third kappa shape index (κ3) is 4.89. The quantitative estimate of drug-likeness (QED) is 0.505. The molecule has 0 aliphatic rings. The summed E-state index contributed by atoms with van der Waals surface area (Å²) in [5.74, 6) is 0.623. The number of rotatable bonds is 7. The van der Waals surface area contributed by atoms with E-state index in [1.54, 1.807) is 30.3 Å². The number of nitrogens with zero attached hydrogens (tertiary/aromatic N) is 1. The molecule has 2 aromatic rings. The molecule has 0 radical (unpaired) electrons. The Balaban J connectivity index is 2.41. The van der Waals surface area contributed by atoms with Crippen LogP contribution in [0.4, 0.5) is 5.69 Å². The largest absolute Gasteiger partial charge is 0.493 e. The molecular formula is C20H18Cl2N2O4. The van der Waals surface area contributed by atoms with Crippen molar-refractivity contribution in [3.05, 3.63) is 51.5 Å². The summed E-state index contributed by atoms with van der Waals surface area (Å²) in [6.45, 7) is 2.26. The van der Waals surface area contributed by atoms with E-state index in [-0.39, 0.29) is 21.3 Å². The van der Waals surface area contributed by atoms with E-state index in [0.717, 1.165) is 0 Å². The zero-order chi connectivity index (χ0) is 20.7. The highest BCUT2D eigenvalue weighted by atomic mass is 35.5. The predicted octanol–water partition coefficient (Wildman–Crippen LogP) is 4.95. The molecule has 2 rings (SSSR count). The number of para-hydroxylation sites is 1. The van der Waals surface area contributed by atoms with Gasteiger partial charge in [0.2, 0.25) is 5.75 Å². The number of amides is 1. The Morgan fingerprint density at radius 2 is 1.75 bits per heavy atom. The smallest absolute Gasteiger partial charge is 0.266 e. The SMILES string of the molecule is CCOc1c(OC)cc(/C=C(/C#N)C(=O)Nc2c(Cl)cccc2Cl)cc1OC. The molecule has 0 atom stereocenters. The van der Waals surface area contributed by atoms with E-state index >= 15 is 0 Å². The van der Waals surface area contributed by atoms with Gasteiger partial charge in [0, 0.05) is 0 Å². The molecule has 146 valence electrons. The molecule has 8 heteroatoms. The van der Waals surface area contributed by atoms with Crippen LogP contribution >= 0.6 is 23.2 Å². The summed E-state index contributed by atoms with van der Waals surface area (Å²) in [6.07, 6.45) is 1.40. The zero-order valence-electron chi connectivity index (χ0n) is 15.5. The third-order valence-corrected chi connectivity index (χ3v) is 4.28. The summed E-state index contributed by atoms with van der Waals surface area (Å²) in [5.41, 5.74) is 0.609. The third-order valence-electron chi connectivity index (χ3n) is 3.65. The van der Waals surface area contributed by atoms with E-state index in [4.69, 9.17) is 37.4 Å². The fourth-order valence-corrected chi connectivity index (χ4v) is 2.88. The lowest BCUT2D eigenvalue weighted by Crippen LogP contribution is -2.14. The molecule has 0 aromatic heterocycles. The molecule has 0 fully saturated rings. The van der Waals surface area contributed by atoms with Crippen LogP contribution in [0.3, 0.4) is 0 Å². The first kappa shape index (κ1) is 21.4. The van der Waals surface area contributed by atoms with E-state index < -0.39 is 5.91 Å². The highest BCUT2D eigenvalue weighted by Gasteiger charge is 2.17. The maximum absolute atomic E-state index is 12.5. The maximum atomic E-state index is 12.5. The van der Waals surface area contributed by atoms with Crippen LogP contribution in [0, 0.1) is 11.3 Å². The Labute approximate surface area is 173 Å². The van der Waals surface area contributed by atoms with Crippen molar-refractivity contribution in [3.63, 3.8) is 0 Å². The second-order valence-corrected chi connectivity index (χ2v) is 6.22. The number of methoxy groups -OCH3 is 2. The molecule has 0 unspecified atom stereocenters. The number of benzene rings is 2. The minimum absolute atomic E-state index is 0.149. The Kier molecular flexibility index (Phi) is 7.56. The summed E-state index contributed by atoms with van der Waals surface area (Å²) in [7, 11) is 2.98. The predicted molar refractivity (Wildman–Crippen MR) is 109 cm³/mol. The highest BCUT2D eigenvalue weighted by molar-refractivity contribution is 6.40. The Morgan fingerprint density at radius 3 is 2.21 bits per heavy atom. The van der Waals surface area contributed by atoms with Crippen LogP contribution in [0.1, 0.15) is 12.5 Å². The van der Waals surface area contributed by atoms with Crippen LogP contribution in [-0.2, 0) is 4.79 Å². The molecule has 0 aliphatic carbocycles. The fourth-order valence-electron chi connectivity index (χ4n) is 2.38. The molecule has 0 saturated heterocycles. The molecule has 2 aromatic carbocycles. The van der Waals surface area contributed by atoms with Gasteiger partial charge in [0.05, 0.1) is 36.6 Å². The first-order chi connectivity index (χ1) is 13.4. The lowest BCUT2D eigenvalue weighted by atomic mass is 10.1. The second kappa shape index (κ2) is 9.88. The molecule has 0 aliphatic heterocycles. The van der Waals surface area contributed by atoms with Crippen LogP contribution < -0.4 is 19.5 Å². The van der Waals surface area contributed by atoms with Crippen molar-refractivity contribution in [1.82, 2.24) is 0 Å². The Morgan fingerprint density at radius 1 is 1.18 bits per heavy atom. The first-order valence-electron chi connectivity index (χ1n) is 8.21. The van der Waals surface area contributed by atoms with Gasteiger partial charge in [0.25, 0.3) is 5.91 Å². The average molecular weight is 421 g/mol. The van der Waals surface area contributed by atoms with Crippen LogP contribution in [0.2, 0.25) is 10.0 Å². The van der Waals surface area contributed by atoms with Gasteiger partial charge in [-0.3, -0.25) is 4.79 Å². The topological polar surface area (TPSA) is 80.6 Å². The van der Waals surface area contributed by atoms with Crippen LogP contribution in [0.5, 0.6) is 17.2 Å². The monoisotopic (exact) mass is 420 g/mol. The van der Waals surface area contributed by atoms with Gasteiger partial charge in [0.15, 0.2) is 11.5 Å². The average Bonchev–Trinajstić information content (AvgIpc) is 2.69. The number of hydrogen-bond donors (Lipinski definition) is 1. The van der Waals surface area contributed by atoms with Crippen molar-refractivity contribution in [1.29, 1.82) is 5.26 Å². The van der Waals surface area contributed by atoms with Crippen LogP contribution in [-0.4, -0.2) is 26.7 Å². The van der Waals surface area contributed by atoms with E-state index in [1.807, 2.05) is 13.0 Å². The highest BCUT2D eigenvalue weighted by Crippen LogP contribution is 2.39. The van der Waals surface area contributed by atoms with E-state index in [0.29, 0.717) is 29.4 Å². The van der Waals surface area contributed by atoms with Crippen molar-refractivity contribution in [2.45, 2.75) is 6.92 Å². The van der Waals surface area contributed by atoms with E-state index in [2.05, 4.69) is 5.32 Å². The van der Waals surface area contributed by atoms with Crippen molar-refractivity contribution in [2.75, 3.05) is 26.1 Å². The molecule has 28 heavy (non-hydrogen) atoms. The van der Waals surface area contributed by atoms with Gasteiger partial charge in [-0.15, -0.1) is 0 Å². The molecule has 1 amide bonds. The van der Waals surface area contributed by atoms with Crippen molar-refractivity contribution in [3.8, 4) is 23.3 Å². The number of anilines is 1. The van der Waals surface area contributed by atoms with Crippen LogP contribution in [0.15, 0.2) is 35.9 Å². The van der Waals surface area contributed by atoms with Gasteiger partial charge < -0.3 is 19.5 Å². The number of ether oxygens (including phenoxy) is 3. The lowest BCUT2D eigenvalue weighted by Gasteiger charge is -2.14. The number of hydrogen-bond acceptors (Lipinski definition) is 5. The van der Waals surface area contributed by atoms with E-state index in [9.17, 15) is 10.1 Å². The fraction of sp³-hybridized carbons (Fsp3) is 0.200. The normalized spacial score (nSPS) is 10.8. The molecule has 0 heterocycles. The lowest BCUT2D eigenvalue weighted by molar-refractivity contribution is -0.112. The number of carbonyl (C=O) groups excluding carboxylic acids is 1.